The third-order valence-corrected chi connectivity index (χ3v) is 3.90. The van der Waals surface area contributed by atoms with Crippen molar-refractivity contribution in [3.8, 4) is 0 Å². The van der Waals surface area contributed by atoms with E-state index in [1.54, 1.807) is 30.3 Å². The molecule has 0 spiro atoms. The summed E-state index contributed by atoms with van der Waals surface area (Å²) in [6, 6.07) is 9.85. The first-order valence-electron chi connectivity index (χ1n) is 5.87. The highest BCUT2D eigenvalue weighted by atomic mass is 32.1. The Kier molecular flexibility index (Phi) is 4.29. The van der Waals surface area contributed by atoms with Crippen molar-refractivity contribution in [2.45, 2.75) is 19.5 Å². The van der Waals surface area contributed by atoms with Crippen LogP contribution >= 0.6 is 11.3 Å². The van der Waals surface area contributed by atoms with Gasteiger partial charge in [0.2, 0.25) is 0 Å². The molecule has 100 valence electrons. The zero-order valence-corrected chi connectivity index (χ0v) is 11.2. The second-order valence-electron chi connectivity index (χ2n) is 4.20. The number of halogens is 1. The van der Waals surface area contributed by atoms with Crippen LogP contribution in [0.4, 0.5) is 4.39 Å². The van der Waals surface area contributed by atoms with Crippen molar-refractivity contribution in [1.29, 1.82) is 0 Å². The van der Waals surface area contributed by atoms with E-state index >= 15 is 0 Å². The monoisotopic (exact) mass is 279 g/mol. The quantitative estimate of drug-likeness (QED) is 0.881. The number of rotatable bonds is 5. The van der Waals surface area contributed by atoms with Crippen LogP contribution in [-0.4, -0.2) is 11.1 Å². The van der Waals surface area contributed by atoms with E-state index in [-0.39, 0.29) is 11.9 Å². The molecule has 19 heavy (non-hydrogen) atoms. The maximum absolute atomic E-state index is 13.6. The van der Waals surface area contributed by atoms with Gasteiger partial charge >= 0.3 is 5.97 Å². The molecule has 0 fully saturated rings. The summed E-state index contributed by atoms with van der Waals surface area (Å²) < 4.78 is 13.6. The van der Waals surface area contributed by atoms with Crippen LogP contribution in [0.25, 0.3) is 0 Å². The fourth-order valence-corrected chi connectivity index (χ4v) is 2.58. The number of nitrogens with one attached hydrogen (secondary N) is 1. The molecular formula is C14H14FNO2S. The molecule has 1 heterocycles. The highest BCUT2D eigenvalue weighted by molar-refractivity contribution is 7.13. The Morgan fingerprint density at radius 3 is 2.74 bits per heavy atom. The molecule has 0 saturated heterocycles. The summed E-state index contributed by atoms with van der Waals surface area (Å²) in [5, 5.41) is 12.0. The van der Waals surface area contributed by atoms with Crippen LogP contribution in [0.2, 0.25) is 0 Å². The summed E-state index contributed by atoms with van der Waals surface area (Å²) in [6.45, 7) is 2.40. The number of thiophene rings is 1. The number of carboxylic acid groups (broad SMARTS) is 1. The molecule has 2 N–H and O–H groups in total. The normalized spacial score (nSPS) is 12.3. The standard InChI is InChI=1S/C14H14FNO2S/c1-9(11-4-2-3-5-12(11)15)16-8-10-6-7-13(19-10)14(17)18/h2-7,9,16H,8H2,1H3,(H,17,18)/t9-/m1/s1. The predicted octanol–water partition coefficient (Wildman–Crippen LogP) is 3.44. The number of benzene rings is 1. The van der Waals surface area contributed by atoms with Gasteiger partial charge in [-0.2, -0.15) is 0 Å². The van der Waals surface area contributed by atoms with E-state index in [1.807, 2.05) is 6.92 Å². The third kappa shape index (κ3) is 3.39. The summed E-state index contributed by atoms with van der Waals surface area (Å²) in [5.41, 5.74) is 0.609. The van der Waals surface area contributed by atoms with E-state index in [0.29, 0.717) is 17.0 Å². The lowest BCUT2D eigenvalue weighted by Gasteiger charge is -2.14. The lowest BCUT2D eigenvalue weighted by atomic mass is 10.1. The third-order valence-electron chi connectivity index (χ3n) is 2.83. The van der Waals surface area contributed by atoms with Crippen LogP contribution in [0, 0.1) is 5.82 Å². The molecule has 1 aromatic heterocycles. The van der Waals surface area contributed by atoms with Crippen LogP contribution in [0.5, 0.6) is 0 Å². The molecule has 1 atom stereocenters. The fourth-order valence-electron chi connectivity index (χ4n) is 1.78. The Bertz CT molecular complexity index is 582. The predicted molar refractivity (Wildman–Crippen MR) is 72.9 cm³/mol. The number of aromatic carboxylic acids is 1. The van der Waals surface area contributed by atoms with Crippen LogP contribution in [-0.2, 0) is 6.54 Å². The molecule has 1 aromatic carbocycles. The van der Waals surface area contributed by atoms with Crippen LogP contribution in [0.15, 0.2) is 36.4 Å². The average molecular weight is 279 g/mol. The Morgan fingerprint density at radius 1 is 1.37 bits per heavy atom. The molecule has 5 heteroatoms. The van der Waals surface area contributed by atoms with E-state index in [4.69, 9.17) is 5.11 Å². The Hall–Kier alpha value is -1.72. The topological polar surface area (TPSA) is 49.3 Å². The second kappa shape index (κ2) is 5.95. The molecule has 2 aromatic rings. The van der Waals surface area contributed by atoms with Crippen molar-refractivity contribution in [2.75, 3.05) is 0 Å². The molecule has 2 rings (SSSR count). The highest BCUT2D eigenvalue weighted by Crippen LogP contribution is 2.19. The lowest BCUT2D eigenvalue weighted by molar-refractivity contribution is 0.0702. The van der Waals surface area contributed by atoms with Crippen molar-refractivity contribution < 1.29 is 14.3 Å². The van der Waals surface area contributed by atoms with Gasteiger partial charge in [-0.15, -0.1) is 11.3 Å². The van der Waals surface area contributed by atoms with E-state index in [9.17, 15) is 9.18 Å². The van der Waals surface area contributed by atoms with E-state index in [0.717, 1.165) is 4.88 Å². The van der Waals surface area contributed by atoms with Gasteiger partial charge in [-0.1, -0.05) is 18.2 Å². The number of carboxylic acids is 1. The Balaban J connectivity index is 1.98. The van der Waals surface area contributed by atoms with Gasteiger partial charge in [-0.05, 0) is 25.1 Å². The van der Waals surface area contributed by atoms with Gasteiger partial charge in [-0.25, -0.2) is 9.18 Å². The SMILES string of the molecule is C[C@@H](NCc1ccc(C(=O)O)s1)c1ccccc1F. The van der Waals surface area contributed by atoms with Crippen molar-refractivity contribution in [1.82, 2.24) is 5.32 Å². The maximum atomic E-state index is 13.6. The molecule has 0 aliphatic rings. The number of hydrogen-bond donors (Lipinski definition) is 2. The minimum Gasteiger partial charge on any atom is -0.477 e. The van der Waals surface area contributed by atoms with Crippen LogP contribution in [0.1, 0.15) is 33.1 Å². The first-order chi connectivity index (χ1) is 9.08. The molecule has 0 radical (unpaired) electrons. The van der Waals surface area contributed by atoms with Crippen LogP contribution in [0.3, 0.4) is 0 Å². The van der Waals surface area contributed by atoms with Gasteiger partial charge in [0.1, 0.15) is 10.7 Å². The first-order valence-corrected chi connectivity index (χ1v) is 6.69. The van der Waals surface area contributed by atoms with Gasteiger partial charge in [0.15, 0.2) is 0 Å². The number of carbonyl (C=O) groups is 1. The average Bonchev–Trinajstić information content (AvgIpc) is 2.85. The first kappa shape index (κ1) is 13.7. The molecule has 0 saturated carbocycles. The Labute approximate surface area is 114 Å². The smallest absolute Gasteiger partial charge is 0.345 e. The zero-order chi connectivity index (χ0) is 13.8. The molecule has 0 amide bonds. The van der Waals surface area contributed by atoms with E-state index < -0.39 is 5.97 Å². The molecule has 0 bridgehead atoms. The van der Waals surface area contributed by atoms with Gasteiger partial charge in [-0.3, -0.25) is 0 Å². The van der Waals surface area contributed by atoms with Gasteiger partial charge in [0, 0.05) is 23.0 Å². The summed E-state index contributed by atoms with van der Waals surface area (Å²) in [6.07, 6.45) is 0. The molecule has 3 nitrogen and oxygen atoms in total. The summed E-state index contributed by atoms with van der Waals surface area (Å²) >= 11 is 1.23. The van der Waals surface area contributed by atoms with E-state index in [1.165, 1.54) is 17.4 Å². The second-order valence-corrected chi connectivity index (χ2v) is 5.36. The van der Waals surface area contributed by atoms with Crippen LogP contribution < -0.4 is 5.32 Å². The summed E-state index contributed by atoms with van der Waals surface area (Å²) in [4.78, 5) is 12.0. The van der Waals surface area contributed by atoms with Gasteiger partial charge < -0.3 is 10.4 Å². The van der Waals surface area contributed by atoms with Gasteiger partial charge in [0.25, 0.3) is 0 Å². The fraction of sp³-hybridized carbons (Fsp3) is 0.214. The zero-order valence-electron chi connectivity index (χ0n) is 10.4. The Morgan fingerprint density at radius 2 is 2.11 bits per heavy atom. The molecule has 0 aliphatic carbocycles. The van der Waals surface area contributed by atoms with Crippen molar-refractivity contribution in [3.63, 3.8) is 0 Å². The molecular weight excluding hydrogens is 265 g/mol. The lowest BCUT2D eigenvalue weighted by Crippen LogP contribution is -2.18. The van der Waals surface area contributed by atoms with E-state index in [2.05, 4.69) is 5.32 Å². The minimum absolute atomic E-state index is 0.128. The molecule has 0 aliphatic heterocycles. The van der Waals surface area contributed by atoms with Crippen molar-refractivity contribution >= 4 is 17.3 Å². The van der Waals surface area contributed by atoms with Crippen molar-refractivity contribution in [3.05, 3.63) is 57.5 Å². The minimum atomic E-state index is -0.918. The van der Waals surface area contributed by atoms with Crippen molar-refractivity contribution in [2.24, 2.45) is 0 Å². The summed E-state index contributed by atoms with van der Waals surface area (Å²) in [5.74, 6) is -1.15. The summed E-state index contributed by atoms with van der Waals surface area (Å²) in [7, 11) is 0. The maximum Gasteiger partial charge on any atom is 0.345 e. The van der Waals surface area contributed by atoms with Gasteiger partial charge in [0.05, 0.1) is 0 Å². The molecule has 0 unspecified atom stereocenters. The highest BCUT2D eigenvalue weighted by Gasteiger charge is 2.11. The largest absolute Gasteiger partial charge is 0.477 e. The number of hydrogen-bond acceptors (Lipinski definition) is 3.